The van der Waals surface area contributed by atoms with E-state index in [2.05, 4.69) is 20.8 Å². The largest absolute Gasteiger partial charge is 0.393 e. The van der Waals surface area contributed by atoms with Gasteiger partial charge in [0.1, 0.15) is 0 Å². The van der Waals surface area contributed by atoms with Gasteiger partial charge in [0.25, 0.3) is 0 Å². The molecule has 0 unspecified atom stereocenters. The molecule has 0 radical (unpaired) electrons. The predicted molar refractivity (Wildman–Crippen MR) is 216 cm³/mol. The first-order chi connectivity index (χ1) is 25.8. The van der Waals surface area contributed by atoms with E-state index < -0.39 is 0 Å². The first kappa shape index (κ1) is 41.9. The second-order valence-electron chi connectivity index (χ2n) is 21.9. The van der Waals surface area contributed by atoms with Crippen molar-refractivity contribution < 1.29 is 30.6 Å². The Labute approximate surface area is 330 Å². The maximum atomic E-state index is 10.8. The molecular formula is C48H84O6. The van der Waals surface area contributed by atoms with Crippen LogP contribution in [-0.2, 0) is 0 Å². The Kier molecular flexibility index (Phi) is 13.6. The third-order valence-corrected chi connectivity index (χ3v) is 19.8. The summed E-state index contributed by atoms with van der Waals surface area (Å²) in [6.07, 6.45) is 27.4. The van der Waals surface area contributed by atoms with E-state index in [4.69, 9.17) is 0 Å². The average molecular weight is 757 g/mol. The summed E-state index contributed by atoms with van der Waals surface area (Å²) in [5, 5.41) is 64.8. The molecule has 0 aromatic carbocycles. The molecule has 0 aromatic rings. The van der Waals surface area contributed by atoms with Crippen molar-refractivity contribution in [3.8, 4) is 0 Å². The summed E-state index contributed by atoms with van der Waals surface area (Å²) < 4.78 is 0. The molecule has 7 rings (SSSR count). The highest BCUT2D eigenvalue weighted by atomic mass is 16.3. The molecule has 0 bridgehead atoms. The number of rotatable bonds is 9. The highest BCUT2D eigenvalue weighted by Gasteiger charge is 2.59. The zero-order valence-electron chi connectivity index (χ0n) is 34.9. The highest BCUT2D eigenvalue weighted by Crippen LogP contribution is 2.67. The Morgan fingerprint density at radius 3 is 0.481 bits per heavy atom. The molecule has 7 aliphatic carbocycles. The molecule has 0 aromatic heterocycles. The van der Waals surface area contributed by atoms with Crippen LogP contribution < -0.4 is 0 Å². The van der Waals surface area contributed by atoms with Crippen LogP contribution in [0.25, 0.3) is 0 Å². The van der Waals surface area contributed by atoms with Gasteiger partial charge in [0.15, 0.2) is 0 Å². The van der Waals surface area contributed by atoms with Crippen LogP contribution in [0.2, 0.25) is 0 Å². The summed E-state index contributed by atoms with van der Waals surface area (Å²) >= 11 is 0. The van der Waals surface area contributed by atoms with E-state index in [1.807, 2.05) is 0 Å². The van der Waals surface area contributed by atoms with Gasteiger partial charge < -0.3 is 30.6 Å². The van der Waals surface area contributed by atoms with Gasteiger partial charge in [-0.25, -0.2) is 0 Å². The van der Waals surface area contributed by atoms with Crippen molar-refractivity contribution in [3.05, 3.63) is 0 Å². The minimum Gasteiger partial charge on any atom is -0.393 e. The van der Waals surface area contributed by atoms with Crippen LogP contribution in [0.15, 0.2) is 0 Å². The molecule has 0 saturated heterocycles. The molecule has 6 N–H and O–H groups in total. The fourth-order valence-electron chi connectivity index (χ4n) is 16.0. The number of hydrogen-bond acceptors (Lipinski definition) is 6. The standard InChI is InChI=1S/C48H84O6/c1-46(31-4-16-40(49)17-5-31,32-6-18-41(50)19-7-32)37-28-38(47(2,33-8-20-42(51)21-9-33)34-10-22-43(52)23-11-34)30-39(29-37)48(3,35-12-24-44(53)25-13-35)36-14-26-45(54)27-15-36/h31-45,49-54H,4-30H2,1-3H3. The lowest BCUT2D eigenvalue weighted by Crippen LogP contribution is -2.55. The van der Waals surface area contributed by atoms with Gasteiger partial charge in [0, 0.05) is 0 Å². The predicted octanol–water partition coefficient (Wildman–Crippen LogP) is 9.34. The molecule has 7 fully saturated rings. The summed E-state index contributed by atoms with van der Waals surface area (Å²) in [5.41, 5.74) is 0.488. The zero-order valence-corrected chi connectivity index (χ0v) is 34.9. The third kappa shape index (κ3) is 8.43. The summed E-state index contributed by atoms with van der Waals surface area (Å²) in [7, 11) is 0. The maximum Gasteiger partial charge on any atom is 0.0540 e. The molecule has 7 saturated carbocycles. The Morgan fingerprint density at radius 1 is 0.222 bits per heavy atom. The lowest BCUT2D eigenvalue weighted by atomic mass is 9.42. The molecule has 0 spiro atoms. The van der Waals surface area contributed by atoms with E-state index in [9.17, 15) is 30.6 Å². The van der Waals surface area contributed by atoms with Crippen molar-refractivity contribution in [1.29, 1.82) is 0 Å². The highest BCUT2D eigenvalue weighted by molar-refractivity contribution is 5.08. The van der Waals surface area contributed by atoms with Crippen LogP contribution in [0.4, 0.5) is 0 Å². The molecule has 0 heterocycles. The first-order valence-corrected chi connectivity index (χ1v) is 23.9. The monoisotopic (exact) mass is 757 g/mol. The van der Waals surface area contributed by atoms with Gasteiger partial charge >= 0.3 is 0 Å². The van der Waals surface area contributed by atoms with Gasteiger partial charge in [-0.15, -0.1) is 0 Å². The quantitative estimate of drug-likeness (QED) is 0.140. The summed E-state index contributed by atoms with van der Waals surface area (Å²) in [6, 6.07) is 0. The number of aliphatic hydroxyl groups excluding tert-OH is 6. The molecule has 7 aliphatic rings. The summed E-state index contributed by atoms with van der Waals surface area (Å²) in [4.78, 5) is 0. The summed E-state index contributed by atoms with van der Waals surface area (Å²) in [5.74, 6) is 5.39. The summed E-state index contributed by atoms with van der Waals surface area (Å²) in [6.45, 7) is 8.16. The van der Waals surface area contributed by atoms with Gasteiger partial charge in [-0.2, -0.15) is 0 Å². The Bertz CT molecular complexity index is 927. The van der Waals surface area contributed by atoms with Crippen LogP contribution in [0.5, 0.6) is 0 Å². The van der Waals surface area contributed by atoms with Crippen molar-refractivity contribution in [2.75, 3.05) is 0 Å². The molecule has 6 heteroatoms. The number of hydrogen-bond donors (Lipinski definition) is 6. The lowest BCUT2D eigenvalue weighted by molar-refractivity contribution is -0.143. The minimum atomic E-state index is -0.163. The Hall–Kier alpha value is -0.240. The van der Waals surface area contributed by atoms with Crippen molar-refractivity contribution in [2.45, 2.75) is 231 Å². The molecule has 312 valence electrons. The van der Waals surface area contributed by atoms with Crippen molar-refractivity contribution >= 4 is 0 Å². The van der Waals surface area contributed by atoms with E-state index in [-0.39, 0.29) is 52.9 Å². The molecular weight excluding hydrogens is 673 g/mol. The smallest absolute Gasteiger partial charge is 0.0540 e. The van der Waals surface area contributed by atoms with Crippen LogP contribution in [0.1, 0.15) is 194 Å². The Morgan fingerprint density at radius 2 is 0.352 bits per heavy atom. The van der Waals surface area contributed by atoms with Gasteiger partial charge in [-0.3, -0.25) is 0 Å². The Balaban J connectivity index is 1.33. The first-order valence-electron chi connectivity index (χ1n) is 23.9. The van der Waals surface area contributed by atoms with E-state index >= 15 is 0 Å². The maximum absolute atomic E-state index is 10.8. The molecule has 0 aliphatic heterocycles. The van der Waals surface area contributed by atoms with Crippen LogP contribution >= 0.6 is 0 Å². The fourth-order valence-corrected chi connectivity index (χ4v) is 16.0. The molecule has 54 heavy (non-hydrogen) atoms. The third-order valence-electron chi connectivity index (χ3n) is 19.8. The van der Waals surface area contributed by atoms with E-state index in [0.29, 0.717) is 53.3 Å². The normalized spacial score (nSPS) is 47.8. The van der Waals surface area contributed by atoms with Gasteiger partial charge in [-0.05, 0) is 243 Å². The van der Waals surface area contributed by atoms with Crippen molar-refractivity contribution in [1.82, 2.24) is 0 Å². The number of aliphatic hydroxyl groups is 6. The minimum absolute atomic E-state index is 0.163. The van der Waals surface area contributed by atoms with E-state index in [0.717, 1.165) is 154 Å². The zero-order chi connectivity index (χ0) is 38.3. The second kappa shape index (κ2) is 17.5. The van der Waals surface area contributed by atoms with Crippen LogP contribution in [0, 0.1) is 69.5 Å². The molecule has 0 amide bonds. The van der Waals surface area contributed by atoms with Crippen LogP contribution in [0.3, 0.4) is 0 Å². The van der Waals surface area contributed by atoms with Gasteiger partial charge in [-0.1, -0.05) is 20.8 Å². The molecule has 6 nitrogen and oxygen atoms in total. The van der Waals surface area contributed by atoms with Gasteiger partial charge in [0.2, 0.25) is 0 Å². The SMILES string of the molecule is CC(C1CCC(O)CC1)(C1CCC(O)CC1)C1CC(C(C)(C2CCC(O)CC2)C2CCC(O)CC2)CC(C(C)(C2CCC(O)CC2)C2CCC(O)CC2)C1. The second-order valence-corrected chi connectivity index (χ2v) is 21.9. The fraction of sp³-hybridized carbons (Fsp3) is 1.00. The lowest BCUT2D eigenvalue weighted by Gasteiger charge is -2.63. The molecule has 0 atom stereocenters. The van der Waals surface area contributed by atoms with Crippen molar-refractivity contribution in [2.24, 2.45) is 69.5 Å². The van der Waals surface area contributed by atoms with E-state index in [1.54, 1.807) is 0 Å². The van der Waals surface area contributed by atoms with Crippen molar-refractivity contribution in [3.63, 3.8) is 0 Å². The van der Waals surface area contributed by atoms with Gasteiger partial charge in [0.05, 0.1) is 36.6 Å². The van der Waals surface area contributed by atoms with Crippen LogP contribution in [-0.4, -0.2) is 67.3 Å². The average Bonchev–Trinajstić information content (AvgIpc) is 3.18. The van der Waals surface area contributed by atoms with E-state index in [1.165, 1.54) is 19.3 Å². The topological polar surface area (TPSA) is 121 Å².